The van der Waals surface area contributed by atoms with Gasteiger partial charge in [0.15, 0.2) is 0 Å². The number of pyridine rings is 1. The molecule has 1 unspecified atom stereocenters. The SMILES string of the molecule is Cc1nc(C)c(C2CCCCN2)c(C)c1C. The molecule has 1 N–H and O–H groups in total. The van der Waals surface area contributed by atoms with Gasteiger partial charge >= 0.3 is 0 Å². The summed E-state index contributed by atoms with van der Waals surface area (Å²) < 4.78 is 0. The first-order valence-electron chi connectivity index (χ1n) is 6.29. The molecule has 16 heavy (non-hydrogen) atoms. The molecule has 2 heteroatoms. The molecule has 2 rings (SSSR count). The van der Waals surface area contributed by atoms with Crippen molar-refractivity contribution in [3.63, 3.8) is 0 Å². The van der Waals surface area contributed by atoms with E-state index in [-0.39, 0.29) is 0 Å². The van der Waals surface area contributed by atoms with Crippen molar-refractivity contribution in [2.45, 2.75) is 53.0 Å². The maximum Gasteiger partial charge on any atom is 0.0426 e. The molecule has 0 amide bonds. The fraction of sp³-hybridized carbons (Fsp3) is 0.643. The lowest BCUT2D eigenvalue weighted by atomic mass is 9.90. The molecule has 1 saturated heterocycles. The van der Waals surface area contributed by atoms with Gasteiger partial charge in [-0.15, -0.1) is 0 Å². The summed E-state index contributed by atoms with van der Waals surface area (Å²) in [6.45, 7) is 9.82. The average Bonchev–Trinajstić information content (AvgIpc) is 2.28. The summed E-state index contributed by atoms with van der Waals surface area (Å²) in [5.74, 6) is 0. The Morgan fingerprint density at radius 3 is 2.38 bits per heavy atom. The lowest BCUT2D eigenvalue weighted by Gasteiger charge is -2.27. The third-order valence-electron chi connectivity index (χ3n) is 3.89. The molecule has 88 valence electrons. The van der Waals surface area contributed by atoms with Crippen LogP contribution in [0.2, 0.25) is 0 Å². The quantitative estimate of drug-likeness (QED) is 0.783. The fourth-order valence-electron chi connectivity index (χ4n) is 2.75. The number of hydrogen-bond acceptors (Lipinski definition) is 2. The van der Waals surface area contributed by atoms with Crippen molar-refractivity contribution in [3.05, 3.63) is 28.1 Å². The second-order valence-electron chi connectivity index (χ2n) is 4.95. The van der Waals surface area contributed by atoms with Gasteiger partial charge < -0.3 is 5.32 Å². The van der Waals surface area contributed by atoms with Crippen molar-refractivity contribution in [1.29, 1.82) is 0 Å². The van der Waals surface area contributed by atoms with Gasteiger partial charge in [-0.1, -0.05) is 6.42 Å². The van der Waals surface area contributed by atoms with Crippen molar-refractivity contribution < 1.29 is 0 Å². The van der Waals surface area contributed by atoms with Gasteiger partial charge in [0.1, 0.15) is 0 Å². The molecule has 1 aliphatic heterocycles. The highest BCUT2D eigenvalue weighted by Crippen LogP contribution is 2.29. The van der Waals surface area contributed by atoms with Gasteiger partial charge in [-0.3, -0.25) is 4.98 Å². The molecule has 0 bridgehead atoms. The van der Waals surface area contributed by atoms with Crippen molar-refractivity contribution in [1.82, 2.24) is 10.3 Å². The monoisotopic (exact) mass is 218 g/mol. The lowest BCUT2D eigenvalue weighted by Crippen LogP contribution is -2.28. The van der Waals surface area contributed by atoms with E-state index < -0.39 is 0 Å². The van der Waals surface area contributed by atoms with E-state index in [9.17, 15) is 0 Å². The van der Waals surface area contributed by atoms with E-state index in [1.54, 1.807) is 0 Å². The van der Waals surface area contributed by atoms with Crippen LogP contribution >= 0.6 is 0 Å². The van der Waals surface area contributed by atoms with E-state index in [1.165, 1.54) is 47.3 Å². The highest BCUT2D eigenvalue weighted by Gasteiger charge is 2.20. The molecule has 0 radical (unpaired) electrons. The molecule has 0 saturated carbocycles. The normalized spacial score (nSPS) is 21.1. The first-order chi connectivity index (χ1) is 7.61. The van der Waals surface area contributed by atoms with Crippen molar-refractivity contribution in [2.75, 3.05) is 6.54 Å². The molecule has 0 aliphatic carbocycles. The van der Waals surface area contributed by atoms with Crippen LogP contribution in [-0.2, 0) is 0 Å². The van der Waals surface area contributed by atoms with Crippen LogP contribution < -0.4 is 5.32 Å². The number of aromatic nitrogens is 1. The molecule has 1 fully saturated rings. The molecule has 1 atom stereocenters. The zero-order chi connectivity index (χ0) is 11.7. The van der Waals surface area contributed by atoms with E-state index in [0.29, 0.717) is 6.04 Å². The first-order valence-corrected chi connectivity index (χ1v) is 6.29. The highest BCUT2D eigenvalue weighted by molar-refractivity contribution is 5.40. The number of nitrogens with one attached hydrogen (secondary N) is 1. The van der Waals surface area contributed by atoms with Gasteiger partial charge in [0.05, 0.1) is 0 Å². The minimum Gasteiger partial charge on any atom is -0.310 e. The number of hydrogen-bond donors (Lipinski definition) is 1. The molecule has 0 aromatic carbocycles. The predicted octanol–water partition coefficient (Wildman–Crippen LogP) is 3.13. The first kappa shape index (κ1) is 11.6. The second kappa shape index (κ2) is 4.54. The predicted molar refractivity (Wildman–Crippen MR) is 67.8 cm³/mol. The lowest BCUT2D eigenvalue weighted by molar-refractivity contribution is 0.408. The maximum absolute atomic E-state index is 4.67. The van der Waals surface area contributed by atoms with Crippen LogP contribution in [0.3, 0.4) is 0 Å². The molecule has 0 spiro atoms. The van der Waals surface area contributed by atoms with E-state index >= 15 is 0 Å². The molecular formula is C14H22N2. The van der Waals surface area contributed by atoms with Crippen LogP contribution in [-0.4, -0.2) is 11.5 Å². The smallest absolute Gasteiger partial charge is 0.0426 e. The number of aryl methyl sites for hydroxylation is 2. The van der Waals surface area contributed by atoms with Gasteiger partial charge in [0, 0.05) is 17.4 Å². The number of nitrogens with zero attached hydrogens (tertiary/aromatic N) is 1. The van der Waals surface area contributed by atoms with Crippen LogP contribution in [0.5, 0.6) is 0 Å². The van der Waals surface area contributed by atoms with E-state index in [0.717, 1.165) is 6.54 Å². The molecular weight excluding hydrogens is 196 g/mol. The minimum absolute atomic E-state index is 0.528. The van der Waals surface area contributed by atoms with Crippen LogP contribution in [0.25, 0.3) is 0 Å². The molecule has 1 aliphatic rings. The summed E-state index contributed by atoms with van der Waals surface area (Å²) >= 11 is 0. The molecule has 2 heterocycles. The van der Waals surface area contributed by atoms with E-state index in [4.69, 9.17) is 0 Å². The van der Waals surface area contributed by atoms with Gasteiger partial charge in [-0.2, -0.15) is 0 Å². The van der Waals surface area contributed by atoms with Gasteiger partial charge in [-0.05, 0) is 63.8 Å². The standard InChI is InChI=1S/C14H22N2/c1-9-10(2)14(12(4)16-11(9)3)13-7-5-6-8-15-13/h13,15H,5-8H2,1-4H3. The third-order valence-corrected chi connectivity index (χ3v) is 3.89. The Kier molecular flexibility index (Phi) is 3.29. The Morgan fingerprint density at radius 1 is 1.00 bits per heavy atom. The minimum atomic E-state index is 0.528. The zero-order valence-electron chi connectivity index (χ0n) is 10.9. The number of rotatable bonds is 1. The van der Waals surface area contributed by atoms with E-state index in [1.807, 2.05) is 0 Å². The third kappa shape index (κ3) is 1.99. The van der Waals surface area contributed by atoms with E-state index in [2.05, 4.69) is 38.0 Å². The fourth-order valence-corrected chi connectivity index (χ4v) is 2.75. The summed E-state index contributed by atoms with van der Waals surface area (Å²) in [4.78, 5) is 4.67. The number of piperidine rings is 1. The second-order valence-corrected chi connectivity index (χ2v) is 4.95. The average molecular weight is 218 g/mol. The van der Waals surface area contributed by atoms with Gasteiger partial charge in [0.2, 0.25) is 0 Å². The van der Waals surface area contributed by atoms with Crippen molar-refractivity contribution in [3.8, 4) is 0 Å². The van der Waals surface area contributed by atoms with Crippen LogP contribution in [0.15, 0.2) is 0 Å². The Bertz CT molecular complexity index is 390. The van der Waals surface area contributed by atoms with Gasteiger partial charge in [0.25, 0.3) is 0 Å². The molecule has 2 nitrogen and oxygen atoms in total. The van der Waals surface area contributed by atoms with Crippen LogP contribution in [0, 0.1) is 27.7 Å². The largest absolute Gasteiger partial charge is 0.310 e. The molecule has 1 aromatic heterocycles. The zero-order valence-corrected chi connectivity index (χ0v) is 10.9. The highest BCUT2D eigenvalue weighted by atomic mass is 14.9. The summed E-state index contributed by atoms with van der Waals surface area (Å²) in [5, 5.41) is 3.62. The Hall–Kier alpha value is -0.890. The van der Waals surface area contributed by atoms with Crippen molar-refractivity contribution >= 4 is 0 Å². The molecule has 1 aromatic rings. The van der Waals surface area contributed by atoms with Crippen LogP contribution in [0.4, 0.5) is 0 Å². The van der Waals surface area contributed by atoms with Crippen LogP contribution in [0.1, 0.15) is 53.4 Å². The van der Waals surface area contributed by atoms with Crippen molar-refractivity contribution in [2.24, 2.45) is 0 Å². The van der Waals surface area contributed by atoms with Gasteiger partial charge in [-0.25, -0.2) is 0 Å². The summed E-state index contributed by atoms with van der Waals surface area (Å²) in [6, 6.07) is 0.528. The summed E-state index contributed by atoms with van der Waals surface area (Å²) in [5.41, 5.74) is 6.62. The Morgan fingerprint density at radius 2 is 1.75 bits per heavy atom. The topological polar surface area (TPSA) is 24.9 Å². The maximum atomic E-state index is 4.67. The summed E-state index contributed by atoms with van der Waals surface area (Å²) in [6.07, 6.45) is 3.90. The Balaban J connectivity index is 2.42. The summed E-state index contributed by atoms with van der Waals surface area (Å²) in [7, 11) is 0. The Labute approximate surface area is 98.5 Å².